The lowest BCUT2D eigenvalue weighted by atomic mass is 9.89. The van der Waals surface area contributed by atoms with E-state index >= 15 is 0 Å². The molecule has 0 saturated heterocycles. The summed E-state index contributed by atoms with van der Waals surface area (Å²) in [6.45, 7) is 7.49. The van der Waals surface area contributed by atoms with Crippen LogP contribution >= 0.6 is 0 Å². The van der Waals surface area contributed by atoms with Crippen molar-refractivity contribution in [1.82, 2.24) is 9.55 Å². The third-order valence-corrected chi connectivity index (χ3v) is 4.37. The van der Waals surface area contributed by atoms with Gasteiger partial charge in [-0.15, -0.1) is 0 Å². The summed E-state index contributed by atoms with van der Waals surface area (Å²) in [5.41, 5.74) is 3.35. The molecule has 0 aliphatic carbocycles. The van der Waals surface area contributed by atoms with Gasteiger partial charge in [-0.25, -0.2) is 4.98 Å². The number of imidazole rings is 1. The van der Waals surface area contributed by atoms with Gasteiger partial charge in [0.05, 0.1) is 23.1 Å². The predicted octanol–water partition coefficient (Wildman–Crippen LogP) is 4.51. The second-order valence-corrected chi connectivity index (χ2v) is 7.00. The number of hydrogen-bond donors (Lipinski definition) is 0. The minimum atomic E-state index is 0.0556. The van der Waals surface area contributed by atoms with Gasteiger partial charge in [-0.2, -0.15) is 0 Å². The van der Waals surface area contributed by atoms with Crippen LogP contribution in [0.15, 0.2) is 48.5 Å². The Morgan fingerprint density at radius 2 is 1.77 bits per heavy atom. The highest BCUT2D eigenvalue weighted by Gasteiger charge is 2.32. The lowest BCUT2D eigenvalue weighted by molar-refractivity contribution is 0.0758. The fourth-order valence-corrected chi connectivity index (χ4v) is 3.03. The molecule has 0 bridgehead atoms. The van der Waals surface area contributed by atoms with Crippen LogP contribution in [-0.2, 0) is 6.54 Å². The van der Waals surface area contributed by atoms with Gasteiger partial charge in [-0.3, -0.25) is 0 Å². The van der Waals surface area contributed by atoms with Crippen molar-refractivity contribution in [3.63, 3.8) is 0 Å². The van der Waals surface area contributed by atoms with Crippen LogP contribution in [0.2, 0.25) is 0 Å². The summed E-state index contributed by atoms with van der Waals surface area (Å²) in [5, 5.41) is 0. The number of para-hydroxylation sites is 3. The average Bonchev–Trinajstić information content (AvgIpc) is 2.76. The first-order valence-electron chi connectivity index (χ1n) is 7.75. The summed E-state index contributed by atoms with van der Waals surface area (Å²) >= 11 is 0. The van der Waals surface area contributed by atoms with E-state index in [0.29, 0.717) is 0 Å². The molecule has 4 rings (SSSR count). The summed E-state index contributed by atoms with van der Waals surface area (Å²) < 4.78 is 8.65. The lowest BCUT2D eigenvalue weighted by Gasteiger charge is -2.30. The number of benzene rings is 2. The van der Waals surface area contributed by atoms with Crippen molar-refractivity contribution in [1.29, 1.82) is 0 Å². The van der Waals surface area contributed by atoms with E-state index < -0.39 is 0 Å². The Kier molecular flexibility index (Phi) is 2.80. The number of ether oxygens (including phenoxy) is 1. The van der Waals surface area contributed by atoms with Gasteiger partial charge in [0.2, 0.25) is 0 Å². The molecular weight excluding hydrogens is 272 g/mol. The Morgan fingerprint density at radius 3 is 2.59 bits per heavy atom. The van der Waals surface area contributed by atoms with Gasteiger partial charge in [0.25, 0.3) is 0 Å². The molecule has 2 aromatic carbocycles. The number of nitrogens with zero attached hydrogens (tertiary/aromatic N) is 2. The lowest BCUT2D eigenvalue weighted by Crippen LogP contribution is -2.35. The molecule has 1 aliphatic heterocycles. The smallest absolute Gasteiger partial charge is 0.145 e. The van der Waals surface area contributed by atoms with Gasteiger partial charge in [-0.1, -0.05) is 45.0 Å². The zero-order valence-corrected chi connectivity index (χ0v) is 13.2. The third-order valence-electron chi connectivity index (χ3n) is 4.37. The molecule has 3 nitrogen and oxygen atoms in total. The van der Waals surface area contributed by atoms with Crippen LogP contribution in [0.25, 0.3) is 22.4 Å². The van der Waals surface area contributed by atoms with Crippen LogP contribution in [0.3, 0.4) is 0 Å². The molecule has 1 aliphatic rings. The summed E-state index contributed by atoms with van der Waals surface area (Å²) in [4.78, 5) is 4.85. The minimum absolute atomic E-state index is 0.0556. The Balaban J connectivity index is 2.01. The molecule has 0 radical (unpaired) electrons. The third kappa shape index (κ3) is 2.00. The molecule has 1 atom stereocenters. The summed E-state index contributed by atoms with van der Waals surface area (Å²) in [6, 6.07) is 16.5. The molecule has 2 heterocycles. The molecule has 1 aromatic heterocycles. The van der Waals surface area contributed by atoms with E-state index in [4.69, 9.17) is 9.72 Å². The Labute approximate surface area is 130 Å². The maximum Gasteiger partial charge on any atom is 0.145 e. The summed E-state index contributed by atoms with van der Waals surface area (Å²) in [6.07, 6.45) is 0.104. The van der Waals surface area contributed by atoms with Crippen LogP contribution in [-0.4, -0.2) is 15.7 Å². The number of aromatic nitrogens is 2. The maximum atomic E-state index is 6.35. The maximum absolute atomic E-state index is 6.35. The van der Waals surface area contributed by atoms with Gasteiger partial charge in [-0.05, 0) is 24.3 Å². The zero-order valence-electron chi connectivity index (χ0n) is 13.2. The van der Waals surface area contributed by atoms with Crippen LogP contribution in [0.4, 0.5) is 0 Å². The minimum Gasteiger partial charge on any atom is -0.487 e. The monoisotopic (exact) mass is 292 g/mol. The average molecular weight is 292 g/mol. The second kappa shape index (κ2) is 4.60. The van der Waals surface area contributed by atoms with E-state index in [0.717, 1.165) is 29.2 Å². The molecule has 3 aromatic rings. The molecule has 0 unspecified atom stereocenters. The second-order valence-electron chi connectivity index (χ2n) is 7.00. The zero-order chi connectivity index (χ0) is 15.3. The Bertz CT molecular complexity index is 842. The molecule has 22 heavy (non-hydrogen) atoms. The number of rotatable bonds is 0. The number of hydrogen-bond acceptors (Lipinski definition) is 2. The van der Waals surface area contributed by atoms with Gasteiger partial charge in [0.15, 0.2) is 0 Å². The van der Waals surface area contributed by atoms with E-state index in [1.807, 2.05) is 24.3 Å². The van der Waals surface area contributed by atoms with Crippen molar-refractivity contribution in [3.05, 3.63) is 48.5 Å². The van der Waals surface area contributed by atoms with Crippen molar-refractivity contribution in [3.8, 4) is 17.1 Å². The van der Waals surface area contributed by atoms with Crippen molar-refractivity contribution in [2.75, 3.05) is 0 Å². The highest BCUT2D eigenvalue weighted by molar-refractivity contribution is 5.82. The van der Waals surface area contributed by atoms with Crippen LogP contribution < -0.4 is 4.74 Å². The summed E-state index contributed by atoms with van der Waals surface area (Å²) in [5.74, 6) is 1.93. The number of fused-ring (bicyclic) bond motifs is 5. The van der Waals surface area contributed by atoms with Crippen molar-refractivity contribution < 1.29 is 4.74 Å². The van der Waals surface area contributed by atoms with Crippen molar-refractivity contribution >= 4 is 11.0 Å². The molecule has 0 spiro atoms. The van der Waals surface area contributed by atoms with Gasteiger partial charge in [0.1, 0.15) is 17.7 Å². The van der Waals surface area contributed by atoms with Crippen LogP contribution in [0.1, 0.15) is 20.8 Å². The standard InChI is InChI=1S/C19H20N2O/c1-19(2,3)17-12-21-15-10-6-5-9-14(15)20-18(21)13-8-4-7-11-16(13)22-17/h4-11,17H,12H2,1-3H3/t17-/m1/s1. The molecule has 0 amide bonds. The molecule has 3 heteroatoms. The molecule has 112 valence electrons. The van der Waals surface area contributed by atoms with Crippen molar-refractivity contribution in [2.45, 2.75) is 33.4 Å². The van der Waals surface area contributed by atoms with Crippen LogP contribution in [0, 0.1) is 5.41 Å². The summed E-state index contributed by atoms with van der Waals surface area (Å²) in [7, 11) is 0. The van der Waals surface area contributed by atoms with Crippen LogP contribution in [0.5, 0.6) is 5.75 Å². The Hall–Kier alpha value is -2.29. The first-order chi connectivity index (χ1) is 10.5. The van der Waals surface area contributed by atoms with Crippen molar-refractivity contribution in [2.24, 2.45) is 5.41 Å². The van der Waals surface area contributed by atoms with E-state index in [1.165, 1.54) is 5.52 Å². The molecule has 0 saturated carbocycles. The van der Waals surface area contributed by atoms with E-state index in [9.17, 15) is 0 Å². The largest absolute Gasteiger partial charge is 0.487 e. The first kappa shape index (κ1) is 13.4. The topological polar surface area (TPSA) is 27.1 Å². The van der Waals surface area contributed by atoms with Gasteiger partial charge < -0.3 is 9.30 Å². The molecule has 0 N–H and O–H groups in total. The van der Waals surface area contributed by atoms with E-state index in [-0.39, 0.29) is 11.5 Å². The highest BCUT2D eigenvalue weighted by Crippen LogP contribution is 2.38. The molecular formula is C19H20N2O. The fraction of sp³-hybridized carbons (Fsp3) is 0.316. The first-order valence-corrected chi connectivity index (χ1v) is 7.75. The Morgan fingerprint density at radius 1 is 1.05 bits per heavy atom. The van der Waals surface area contributed by atoms with E-state index in [2.05, 4.69) is 49.6 Å². The van der Waals surface area contributed by atoms with E-state index in [1.54, 1.807) is 0 Å². The quantitative estimate of drug-likeness (QED) is 0.609. The highest BCUT2D eigenvalue weighted by atomic mass is 16.5. The van der Waals surface area contributed by atoms with Gasteiger partial charge in [0, 0.05) is 5.41 Å². The fourth-order valence-electron chi connectivity index (χ4n) is 3.03. The SMILES string of the molecule is CC(C)(C)[C@H]1Cn2c(nc3ccccc32)-c2ccccc2O1. The predicted molar refractivity (Wildman–Crippen MR) is 89.0 cm³/mol. The van der Waals surface area contributed by atoms with Gasteiger partial charge >= 0.3 is 0 Å². The molecule has 0 fully saturated rings. The normalized spacial score (nSPS) is 17.5.